The van der Waals surface area contributed by atoms with Crippen LogP contribution in [-0.2, 0) is 0 Å². The summed E-state index contributed by atoms with van der Waals surface area (Å²) in [5.74, 6) is 0. The van der Waals surface area contributed by atoms with Crippen molar-refractivity contribution in [1.82, 2.24) is 5.32 Å². The molecule has 62 valence electrons. The molecule has 0 aliphatic heterocycles. The first-order chi connectivity index (χ1) is 5.08. The summed E-state index contributed by atoms with van der Waals surface area (Å²) in [5, 5.41) is 12.7. The predicted octanol–water partition coefficient (Wildman–Crippen LogP) is 2.21. The number of hydrogen-bond acceptors (Lipinski definition) is 3. The number of nitrogens with zero attached hydrogens (tertiary/aromatic N) is 1. The Balaban J connectivity index is 4.53. The summed E-state index contributed by atoms with van der Waals surface area (Å²) < 4.78 is 11.8. The molecule has 0 bridgehead atoms. The maximum absolute atomic E-state index is 11.8. The second-order valence-electron chi connectivity index (χ2n) is 2.61. The third kappa shape index (κ3) is 2.81. The fraction of sp³-hybridized carbons (Fsp3) is 0.571. The molecule has 0 aromatic heterocycles. The van der Waals surface area contributed by atoms with Gasteiger partial charge in [0, 0.05) is 18.2 Å². The van der Waals surface area contributed by atoms with Crippen LogP contribution in [0.1, 0.15) is 13.8 Å². The highest BCUT2D eigenvalue weighted by atomic mass is 32.2. The van der Waals surface area contributed by atoms with Crippen LogP contribution in [0.25, 0.3) is 0 Å². The Morgan fingerprint density at radius 1 is 1.73 bits per heavy atom. The summed E-state index contributed by atoms with van der Waals surface area (Å²) in [7, 11) is 1.67. The number of allylic oxidation sites excluding steroid dienone is 1. The van der Waals surface area contributed by atoms with Gasteiger partial charge in [0.1, 0.15) is 0 Å². The van der Waals surface area contributed by atoms with Gasteiger partial charge in [-0.1, -0.05) is 0 Å². The number of halogens is 1. The highest BCUT2D eigenvalue weighted by molar-refractivity contribution is 7.97. The van der Waals surface area contributed by atoms with Crippen molar-refractivity contribution in [2.75, 3.05) is 7.05 Å². The fourth-order valence-electron chi connectivity index (χ4n) is 0.624. The van der Waals surface area contributed by atoms with Crippen molar-refractivity contribution in [3.05, 3.63) is 11.1 Å². The maximum Gasteiger partial charge on any atom is 0.0917 e. The molecule has 0 aromatic rings. The van der Waals surface area contributed by atoms with E-state index in [4.69, 9.17) is 5.26 Å². The molecule has 11 heavy (non-hydrogen) atoms. The van der Waals surface area contributed by atoms with Crippen LogP contribution in [0.4, 0.5) is 3.89 Å². The molecule has 0 atom stereocenters. The molecule has 2 nitrogen and oxygen atoms in total. The molecule has 0 unspecified atom stereocenters. The second kappa shape index (κ2) is 4.24. The molecule has 0 aromatic carbocycles. The van der Waals surface area contributed by atoms with Crippen molar-refractivity contribution in [3.8, 4) is 6.07 Å². The van der Waals surface area contributed by atoms with Crippen LogP contribution in [0.3, 0.4) is 0 Å². The van der Waals surface area contributed by atoms with Gasteiger partial charge < -0.3 is 5.32 Å². The largest absolute Gasteiger partial charge is 0.390 e. The molecule has 0 radical (unpaired) electrons. The molecule has 0 heterocycles. The zero-order chi connectivity index (χ0) is 8.91. The molecule has 4 heteroatoms. The molecule has 0 saturated heterocycles. The lowest BCUT2D eigenvalue weighted by Crippen LogP contribution is -2.22. The fourth-order valence-corrected chi connectivity index (χ4v) is 1.13. The first-order valence-corrected chi connectivity index (χ1v) is 3.93. The smallest absolute Gasteiger partial charge is 0.0917 e. The molecular weight excluding hydrogens is 163 g/mol. The summed E-state index contributed by atoms with van der Waals surface area (Å²) in [4.78, 5) is 0. The van der Waals surface area contributed by atoms with Crippen LogP contribution >= 0.6 is 12.1 Å². The van der Waals surface area contributed by atoms with E-state index in [1.54, 1.807) is 20.9 Å². The highest BCUT2D eigenvalue weighted by Gasteiger charge is 2.21. The van der Waals surface area contributed by atoms with Gasteiger partial charge >= 0.3 is 0 Å². The van der Waals surface area contributed by atoms with Crippen LogP contribution in [0, 0.1) is 16.7 Å². The molecule has 0 spiro atoms. The molecular formula is C7H11FN2S. The Morgan fingerprint density at radius 3 is 2.55 bits per heavy atom. The van der Waals surface area contributed by atoms with E-state index in [0.717, 1.165) is 0 Å². The molecule has 1 N–H and O–H groups in total. The van der Waals surface area contributed by atoms with Gasteiger partial charge in [-0.05, 0) is 13.8 Å². The number of nitriles is 1. The van der Waals surface area contributed by atoms with Crippen LogP contribution in [0.5, 0.6) is 0 Å². The topological polar surface area (TPSA) is 35.8 Å². The maximum atomic E-state index is 11.8. The van der Waals surface area contributed by atoms with Crippen LogP contribution in [0.15, 0.2) is 11.1 Å². The normalized spacial score (nSPS) is 12.5. The lowest BCUT2D eigenvalue weighted by atomic mass is 9.92. The van der Waals surface area contributed by atoms with E-state index in [1.165, 1.54) is 5.41 Å². The second-order valence-corrected chi connectivity index (χ2v) is 3.02. The minimum atomic E-state index is -0.645. The minimum Gasteiger partial charge on any atom is -0.390 e. The highest BCUT2D eigenvalue weighted by Crippen LogP contribution is 2.24. The third-order valence-electron chi connectivity index (χ3n) is 1.38. The van der Waals surface area contributed by atoms with Gasteiger partial charge in [0.05, 0.1) is 23.6 Å². The average Bonchev–Trinajstić information content (AvgIpc) is 2.00. The van der Waals surface area contributed by atoms with Crippen LogP contribution in [0.2, 0.25) is 0 Å². The van der Waals surface area contributed by atoms with E-state index < -0.39 is 5.41 Å². The number of hydrogen-bond donors (Lipinski definition) is 1. The van der Waals surface area contributed by atoms with Crippen molar-refractivity contribution in [3.63, 3.8) is 0 Å². The summed E-state index contributed by atoms with van der Waals surface area (Å²) >= 11 is 0.101. The van der Waals surface area contributed by atoms with Crippen molar-refractivity contribution >= 4 is 12.1 Å². The molecule has 0 amide bonds. The molecule has 0 aliphatic rings. The Labute approximate surface area is 70.8 Å². The molecule has 0 saturated carbocycles. The van der Waals surface area contributed by atoms with E-state index in [-0.39, 0.29) is 12.1 Å². The van der Waals surface area contributed by atoms with Gasteiger partial charge in [0.25, 0.3) is 0 Å². The summed E-state index contributed by atoms with van der Waals surface area (Å²) in [6.07, 6.45) is 0. The summed E-state index contributed by atoms with van der Waals surface area (Å²) in [6, 6.07) is 2.07. The average molecular weight is 174 g/mol. The molecule has 0 fully saturated rings. The lowest BCUT2D eigenvalue weighted by Gasteiger charge is -2.18. The molecule has 0 aliphatic carbocycles. The Kier molecular flexibility index (Phi) is 3.98. The van der Waals surface area contributed by atoms with E-state index >= 15 is 0 Å². The standard InChI is InChI=1S/C7H11FN2S/c1-7(2,5-9)6(10-3)4-11-8/h4,10H,1-3H3/b6-4-. The van der Waals surface area contributed by atoms with Crippen LogP contribution < -0.4 is 5.32 Å². The van der Waals surface area contributed by atoms with Gasteiger partial charge in [0.2, 0.25) is 0 Å². The van der Waals surface area contributed by atoms with Gasteiger partial charge in [0.15, 0.2) is 0 Å². The van der Waals surface area contributed by atoms with Gasteiger partial charge in [-0.2, -0.15) is 9.15 Å². The predicted molar refractivity (Wildman–Crippen MR) is 45.2 cm³/mol. The third-order valence-corrected chi connectivity index (χ3v) is 1.71. The van der Waals surface area contributed by atoms with E-state index in [1.807, 2.05) is 0 Å². The Bertz CT molecular complexity index is 193. The van der Waals surface area contributed by atoms with Crippen molar-refractivity contribution in [2.45, 2.75) is 13.8 Å². The van der Waals surface area contributed by atoms with Gasteiger partial charge in [-0.25, -0.2) is 0 Å². The van der Waals surface area contributed by atoms with Gasteiger partial charge in [-0.15, -0.1) is 0 Å². The number of nitrogens with one attached hydrogen (secondary N) is 1. The molecule has 0 rings (SSSR count). The number of rotatable bonds is 3. The Hall–Kier alpha value is -0.690. The quantitative estimate of drug-likeness (QED) is 0.712. The minimum absolute atomic E-state index is 0.101. The van der Waals surface area contributed by atoms with Crippen molar-refractivity contribution in [2.24, 2.45) is 5.41 Å². The van der Waals surface area contributed by atoms with Crippen molar-refractivity contribution in [1.29, 1.82) is 5.26 Å². The summed E-state index contributed by atoms with van der Waals surface area (Å²) in [6.45, 7) is 3.46. The van der Waals surface area contributed by atoms with E-state index in [9.17, 15) is 3.89 Å². The van der Waals surface area contributed by atoms with Gasteiger partial charge in [-0.3, -0.25) is 0 Å². The van der Waals surface area contributed by atoms with E-state index in [2.05, 4.69) is 11.4 Å². The SMILES string of the molecule is CN/C(=C\SF)C(C)(C)C#N. The van der Waals surface area contributed by atoms with E-state index in [0.29, 0.717) is 5.70 Å². The Morgan fingerprint density at radius 2 is 2.27 bits per heavy atom. The zero-order valence-electron chi connectivity index (χ0n) is 6.81. The first-order valence-electron chi connectivity index (χ1n) is 3.15. The first kappa shape index (κ1) is 10.3. The zero-order valence-corrected chi connectivity index (χ0v) is 7.63. The lowest BCUT2D eigenvalue weighted by molar-refractivity contribution is 0.557. The monoisotopic (exact) mass is 174 g/mol. The van der Waals surface area contributed by atoms with Crippen molar-refractivity contribution < 1.29 is 3.89 Å². The summed E-state index contributed by atoms with van der Waals surface area (Å²) in [5.41, 5.74) is -0.0547. The van der Waals surface area contributed by atoms with Crippen LogP contribution in [-0.4, -0.2) is 7.05 Å².